The quantitative estimate of drug-likeness (QED) is 0.633. The van der Waals surface area contributed by atoms with Gasteiger partial charge in [-0.1, -0.05) is 13.8 Å². The van der Waals surface area contributed by atoms with Crippen molar-refractivity contribution in [2.75, 3.05) is 13.7 Å². The highest BCUT2D eigenvalue weighted by molar-refractivity contribution is 5.50. The molecule has 0 radical (unpaired) electrons. The predicted molar refractivity (Wildman–Crippen MR) is 70.6 cm³/mol. The molecule has 19 heavy (non-hydrogen) atoms. The number of benzene rings is 1. The normalized spacial score (nSPS) is 14.0. The first-order valence-corrected chi connectivity index (χ1v) is 5.95. The van der Waals surface area contributed by atoms with Gasteiger partial charge in [0.15, 0.2) is 5.75 Å². The van der Waals surface area contributed by atoms with Crippen molar-refractivity contribution in [3.05, 3.63) is 28.3 Å². The van der Waals surface area contributed by atoms with Crippen LogP contribution in [0.15, 0.2) is 18.2 Å². The number of hydrogen-bond acceptors (Lipinski definition) is 5. The van der Waals surface area contributed by atoms with Crippen LogP contribution in [0.4, 0.5) is 5.69 Å². The molecule has 1 rings (SSSR count). The van der Waals surface area contributed by atoms with Crippen molar-refractivity contribution in [3.8, 4) is 11.5 Å². The fourth-order valence-electron chi connectivity index (χ4n) is 1.30. The maximum absolute atomic E-state index is 10.9. The minimum absolute atomic E-state index is 0.0146. The van der Waals surface area contributed by atoms with Crippen LogP contribution in [0.5, 0.6) is 11.5 Å². The highest BCUT2D eigenvalue weighted by Crippen LogP contribution is 2.31. The zero-order chi connectivity index (χ0) is 14.6. The fraction of sp³-hybridized carbons (Fsp3) is 0.538. The Bertz CT molecular complexity index is 456. The topological polar surface area (TPSA) is 81.8 Å². The molecule has 0 saturated heterocycles. The van der Waals surface area contributed by atoms with Crippen LogP contribution in [0.1, 0.15) is 20.8 Å². The second-order valence-electron chi connectivity index (χ2n) is 4.89. The van der Waals surface area contributed by atoms with Gasteiger partial charge in [0, 0.05) is 0 Å². The Balaban J connectivity index is 2.86. The van der Waals surface area contributed by atoms with Gasteiger partial charge in [0.05, 0.1) is 23.7 Å². The molecule has 6 nitrogen and oxygen atoms in total. The highest BCUT2D eigenvalue weighted by Gasteiger charge is 2.26. The van der Waals surface area contributed by atoms with Gasteiger partial charge in [0.25, 0.3) is 0 Å². The third kappa shape index (κ3) is 3.82. The summed E-state index contributed by atoms with van der Waals surface area (Å²) in [4.78, 5) is 10.3. The Labute approximate surface area is 112 Å². The number of nitrogens with zero attached hydrogens (tertiary/aromatic N) is 1. The number of nitro benzene ring substituents is 1. The zero-order valence-corrected chi connectivity index (χ0v) is 11.5. The van der Waals surface area contributed by atoms with Crippen molar-refractivity contribution >= 4 is 5.69 Å². The third-order valence-electron chi connectivity index (χ3n) is 3.12. The number of aliphatic hydroxyl groups is 1. The lowest BCUT2D eigenvalue weighted by Crippen LogP contribution is -2.37. The van der Waals surface area contributed by atoms with Crippen LogP contribution >= 0.6 is 0 Å². The molecule has 0 aliphatic rings. The summed E-state index contributed by atoms with van der Waals surface area (Å²) >= 11 is 0. The molecule has 1 aromatic rings. The Morgan fingerprint density at radius 2 is 2.11 bits per heavy atom. The highest BCUT2D eigenvalue weighted by atomic mass is 16.6. The fourth-order valence-corrected chi connectivity index (χ4v) is 1.30. The smallest absolute Gasteiger partial charge is 0.314 e. The van der Waals surface area contributed by atoms with E-state index >= 15 is 0 Å². The summed E-state index contributed by atoms with van der Waals surface area (Å²) in [6.45, 7) is 5.48. The summed E-state index contributed by atoms with van der Waals surface area (Å²) in [5.74, 6) is 0.516. The van der Waals surface area contributed by atoms with Crippen molar-refractivity contribution in [2.45, 2.75) is 26.4 Å². The lowest BCUT2D eigenvalue weighted by molar-refractivity contribution is -0.385. The van der Waals surface area contributed by atoms with Crippen LogP contribution in [-0.2, 0) is 0 Å². The third-order valence-corrected chi connectivity index (χ3v) is 3.12. The molecule has 0 fully saturated rings. The Morgan fingerprint density at radius 1 is 1.47 bits per heavy atom. The van der Waals surface area contributed by atoms with E-state index in [-0.39, 0.29) is 24.0 Å². The van der Waals surface area contributed by atoms with E-state index in [0.29, 0.717) is 5.75 Å². The molecule has 1 unspecified atom stereocenters. The summed E-state index contributed by atoms with van der Waals surface area (Å²) in [6, 6.07) is 4.33. The maximum atomic E-state index is 10.9. The lowest BCUT2D eigenvalue weighted by atomic mass is 9.94. The predicted octanol–water partition coefficient (Wildman–Crippen LogP) is 2.39. The van der Waals surface area contributed by atoms with Crippen LogP contribution in [0.3, 0.4) is 0 Å². The lowest BCUT2D eigenvalue weighted by Gasteiger charge is -2.27. The van der Waals surface area contributed by atoms with Gasteiger partial charge in [-0.15, -0.1) is 0 Å². The van der Waals surface area contributed by atoms with Crippen LogP contribution in [0, 0.1) is 16.0 Å². The van der Waals surface area contributed by atoms with Crippen LogP contribution in [0.2, 0.25) is 0 Å². The molecule has 0 heterocycles. The summed E-state index contributed by atoms with van der Waals surface area (Å²) < 4.78 is 10.3. The van der Waals surface area contributed by atoms with E-state index in [4.69, 9.17) is 9.47 Å². The average molecular weight is 269 g/mol. The molecule has 106 valence electrons. The van der Waals surface area contributed by atoms with Gasteiger partial charge in [0.1, 0.15) is 12.4 Å². The maximum Gasteiger partial charge on any atom is 0.314 e. The first-order chi connectivity index (χ1) is 8.77. The van der Waals surface area contributed by atoms with E-state index < -0.39 is 10.5 Å². The molecule has 1 aromatic carbocycles. The monoisotopic (exact) mass is 269 g/mol. The Kier molecular flexibility index (Phi) is 4.72. The largest absolute Gasteiger partial charge is 0.490 e. The van der Waals surface area contributed by atoms with E-state index in [1.54, 1.807) is 13.0 Å². The zero-order valence-electron chi connectivity index (χ0n) is 11.5. The van der Waals surface area contributed by atoms with E-state index in [9.17, 15) is 15.2 Å². The van der Waals surface area contributed by atoms with Gasteiger partial charge in [-0.3, -0.25) is 10.1 Å². The second kappa shape index (κ2) is 5.88. The molecule has 0 bridgehead atoms. The van der Waals surface area contributed by atoms with Crippen molar-refractivity contribution in [2.24, 2.45) is 5.92 Å². The molecular formula is C13H19NO5. The minimum atomic E-state index is -0.991. The molecule has 0 aliphatic heterocycles. The molecule has 1 N–H and O–H groups in total. The molecule has 0 aromatic heterocycles. The van der Waals surface area contributed by atoms with Gasteiger partial charge in [-0.25, -0.2) is 0 Å². The van der Waals surface area contributed by atoms with Crippen molar-refractivity contribution in [3.63, 3.8) is 0 Å². The van der Waals surface area contributed by atoms with Crippen LogP contribution in [0.25, 0.3) is 0 Å². The first kappa shape index (κ1) is 15.2. The summed E-state index contributed by atoms with van der Waals surface area (Å²) in [7, 11) is 1.37. The van der Waals surface area contributed by atoms with E-state index in [0.717, 1.165) is 0 Å². The minimum Gasteiger partial charge on any atom is -0.490 e. The Hall–Kier alpha value is -1.82. The number of rotatable bonds is 6. The Morgan fingerprint density at radius 3 is 2.58 bits per heavy atom. The summed E-state index contributed by atoms with van der Waals surface area (Å²) in [5.41, 5.74) is -1.15. The summed E-state index contributed by atoms with van der Waals surface area (Å²) in [5, 5.41) is 20.9. The van der Waals surface area contributed by atoms with Crippen LogP contribution < -0.4 is 9.47 Å². The second-order valence-corrected chi connectivity index (χ2v) is 4.89. The number of ether oxygens (including phenoxy) is 2. The SMILES string of the molecule is COc1ccc(OCC(C)(O)C(C)C)cc1[N+](=O)[O-]. The first-order valence-electron chi connectivity index (χ1n) is 5.95. The van der Waals surface area contributed by atoms with Gasteiger partial charge < -0.3 is 14.6 Å². The number of nitro groups is 1. The van der Waals surface area contributed by atoms with Gasteiger partial charge in [0.2, 0.25) is 0 Å². The van der Waals surface area contributed by atoms with Gasteiger partial charge in [-0.2, -0.15) is 0 Å². The standard InChI is InChI=1S/C13H19NO5/c1-9(2)13(3,15)8-19-10-5-6-12(18-4)11(7-10)14(16)17/h5-7,9,15H,8H2,1-4H3. The van der Waals surface area contributed by atoms with Crippen molar-refractivity contribution in [1.82, 2.24) is 0 Å². The molecule has 6 heteroatoms. The average Bonchev–Trinajstić information content (AvgIpc) is 2.35. The molecule has 0 aliphatic carbocycles. The van der Waals surface area contributed by atoms with Gasteiger partial charge in [-0.05, 0) is 25.0 Å². The molecule has 0 spiro atoms. The summed E-state index contributed by atoms with van der Waals surface area (Å²) in [6.07, 6.45) is 0. The molecule has 1 atom stereocenters. The van der Waals surface area contributed by atoms with Gasteiger partial charge >= 0.3 is 5.69 Å². The van der Waals surface area contributed by atoms with E-state index in [1.165, 1.54) is 19.2 Å². The number of methoxy groups -OCH3 is 1. The van der Waals surface area contributed by atoms with E-state index in [2.05, 4.69) is 0 Å². The number of hydrogen-bond donors (Lipinski definition) is 1. The molecule has 0 saturated carbocycles. The van der Waals surface area contributed by atoms with Crippen molar-refractivity contribution in [1.29, 1.82) is 0 Å². The molecule has 0 amide bonds. The van der Waals surface area contributed by atoms with Crippen molar-refractivity contribution < 1.29 is 19.5 Å². The molecular weight excluding hydrogens is 250 g/mol. The van der Waals surface area contributed by atoms with Crippen LogP contribution in [-0.4, -0.2) is 29.3 Å². The van der Waals surface area contributed by atoms with E-state index in [1.807, 2.05) is 13.8 Å².